The molecule has 0 saturated carbocycles. The quantitative estimate of drug-likeness (QED) is 0.909. The summed E-state index contributed by atoms with van der Waals surface area (Å²) in [6.07, 6.45) is 0. The number of carbonyl (C=O) groups is 1. The lowest BCUT2D eigenvalue weighted by molar-refractivity contribution is 0.174. The number of ether oxygens (including phenoxy) is 2. The van der Waals surface area contributed by atoms with E-state index in [9.17, 15) is 9.18 Å². The van der Waals surface area contributed by atoms with Crippen LogP contribution in [0.25, 0.3) is 0 Å². The molecule has 2 aromatic carbocycles. The molecule has 0 aliphatic carbocycles. The van der Waals surface area contributed by atoms with Gasteiger partial charge in [0.05, 0.1) is 5.02 Å². The average molecular weight is 323 g/mol. The second kappa shape index (κ2) is 6.11. The summed E-state index contributed by atoms with van der Waals surface area (Å²) < 4.78 is 23.8. The Balaban J connectivity index is 1.57. The number of amides is 2. The standard InChI is InChI=1S/C15H12ClFN2O3/c16-11-3-2-10(6-12(11)17)19-15(20)18-7-9-1-4-13-14(5-9)22-8-21-13/h1-6H,7-8H2,(H2,18,19,20). The number of benzene rings is 2. The van der Waals surface area contributed by atoms with Gasteiger partial charge in [0.1, 0.15) is 5.82 Å². The van der Waals surface area contributed by atoms with Crippen LogP contribution in [0.4, 0.5) is 14.9 Å². The molecule has 0 fully saturated rings. The minimum atomic E-state index is -0.588. The van der Waals surface area contributed by atoms with Gasteiger partial charge in [-0.3, -0.25) is 0 Å². The number of fused-ring (bicyclic) bond motifs is 1. The van der Waals surface area contributed by atoms with Gasteiger partial charge >= 0.3 is 6.03 Å². The smallest absolute Gasteiger partial charge is 0.319 e. The SMILES string of the molecule is O=C(NCc1ccc2c(c1)OCO2)Nc1ccc(Cl)c(F)c1. The maximum atomic E-state index is 13.3. The van der Waals surface area contributed by atoms with Crippen molar-refractivity contribution in [2.45, 2.75) is 6.54 Å². The summed E-state index contributed by atoms with van der Waals surface area (Å²) in [6.45, 7) is 0.507. The monoisotopic (exact) mass is 322 g/mol. The van der Waals surface area contributed by atoms with Crippen LogP contribution in [0.15, 0.2) is 36.4 Å². The fourth-order valence-corrected chi connectivity index (χ4v) is 2.10. The van der Waals surface area contributed by atoms with Crippen molar-refractivity contribution in [3.8, 4) is 11.5 Å². The van der Waals surface area contributed by atoms with Crippen molar-refractivity contribution in [2.75, 3.05) is 12.1 Å². The fraction of sp³-hybridized carbons (Fsp3) is 0.133. The van der Waals surface area contributed by atoms with Crippen LogP contribution in [0, 0.1) is 5.82 Å². The van der Waals surface area contributed by atoms with Crippen molar-refractivity contribution in [1.29, 1.82) is 0 Å². The van der Waals surface area contributed by atoms with Gasteiger partial charge in [-0.2, -0.15) is 0 Å². The fourth-order valence-electron chi connectivity index (χ4n) is 1.98. The third-order valence-electron chi connectivity index (χ3n) is 3.07. The highest BCUT2D eigenvalue weighted by Gasteiger charge is 2.13. The number of hydrogen-bond donors (Lipinski definition) is 2. The Morgan fingerprint density at radius 3 is 2.82 bits per heavy atom. The first kappa shape index (κ1) is 14.5. The first-order chi connectivity index (χ1) is 10.6. The van der Waals surface area contributed by atoms with E-state index in [2.05, 4.69) is 10.6 Å². The van der Waals surface area contributed by atoms with Gasteiger partial charge in [0.2, 0.25) is 6.79 Å². The normalized spacial score (nSPS) is 12.1. The Labute approximate surface area is 131 Å². The molecule has 114 valence electrons. The molecule has 0 atom stereocenters. The minimum Gasteiger partial charge on any atom is -0.454 e. The molecule has 1 aliphatic heterocycles. The Morgan fingerprint density at radius 1 is 1.18 bits per heavy atom. The molecule has 3 rings (SSSR count). The molecule has 2 aromatic rings. The summed E-state index contributed by atoms with van der Waals surface area (Å²) in [4.78, 5) is 11.8. The summed E-state index contributed by atoms with van der Waals surface area (Å²) in [5.41, 5.74) is 1.19. The first-order valence-electron chi connectivity index (χ1n) is 6.50. The average Bonchev–Trinajstić information content (AvgIpc) is 2.96. The van der Waals surface area contributed by atoms with Gasteiger partial charge in [-0.25, -0.2) is 9.18 Å². The van der Waals surface area contributed by atoms with Gasteiger partial charge in [0, 0.05) is 12.2 Å². The van der Waals surface area contributed by atoms with Crippen LogP contribution in [0.1, 0.15) is 5.56 Å². The molecule has 0 aromatic heterocycles. The van der Waals surface area contributed by atoms with Crippen LogP contribution in [-0.2, 0) is 6.54 Å². The molecular formula is C15H12ClFN2O3. The number of anilines is 1. The predicted octanol–water partition coefficient (Wildman–Crippen LogP) is 3.53. The van der Waals surface area contributed by atoms with E-state index in [-0.39, 0.29) is 11.8 Å². The number of rotatable bonds is 3. The van der Waals surface area contributed by atoms with Gasteiger partial charge in [-0.1, -0.05) is 17.7 Å². The van der Waals surface area contributed by atoms with Gasteiger partial charge in [-0.05, 0) is 35.9 Å². The molecule has 1 aliphatic rings. The molecule has 7 heteroatoms. The lowest BCUT2D eigenvalue weighted by Crippen LogP contribution is -2.28. The zero-order valence-electron chi connectivity index (χ0n) is 11.4. The lowest BCUT2D eigenvalue weighted by atomic mass is 10.2. The molecule has 0 spiro atoms. The summed E-state index contributed by atoms with van der Waals surface area (Å²) in [5.74, 6) is 0.750. The Kier molecular flexibility index (Phi) is 4.02. The van der Waals surface area contributed by atoms with Crippen LogP contribution in [-0.4, -0.2) is 12.8 Å². The van der Waals surface area contributed by atoms with Crippen LogP contribution in [0.2, 0.25) is 5.02 Å². The maximum Gasteiger partial charge on any atom is 0.319 e. The van der Waals surface area contributed by atoms with E-state index < -0.39 is 11.8 Å². The minimum absolute atomic E-state index is 0.00585. The third kappa shape index (κ3) is 3.23. The molecule has 22 heavy (non-hydrogen) atoms. The third-order valence-corrected chi connectivity index (χ3v) is 3.37. The molecule has 0 unspecified atom stereocenters. The van der Waals surface area contributed by atoms with E-state index in [0.717, 1.165) is 11.6 Å². The van der Waals surface area contributed by atoms with Crippen molar-refractivity contribution in [2.24, 2.45) is 0 Å². The van der Waals surface area contributed by atoms with Crippen LogP contribution in [0.3, 0.4) is 0 Å². The largest absolute Gasteiger partial charge is 0.454 e. The van der Waals surface area contributed by atoms with E-state index in [1.165, 1.54) is 12.1 Å². The highest BCUT2D eigenvalue weighted by Crippen LogP contribution is 2.32. The van der Waals surface area contributed by atoms with Crippen LogP contribution >= 0.6 is 11.6 Å². The van der Waals surface area contributed by atoms with Gasteiger partial charge < -0.3 is 20.1 Å². The molecule has 2 N–H and O–H groups in total. The summed E-state index contributed by atoms with van der Waals surface area (Å²) in [5, 5.41) is 5.20. The lowest BCUT2D eigenvalue weighted by Gasteiger charge is -2.08. The Hall–Kier alpha value is -2.47. The number of nitrogens with one attached hydrogen (secondary N) is 2. The molecular weight excluding hydrogens is 311 g/mol. The van der Waals surface area contributed by atoms with Crippen molar-refractivity contribution in [3.63, 3.8) is 0 Å². The van der Waals surface area contributed by atoms with Gasteiger partial charge in [0.25, 0.3) is 0 Å². The molecule has 1 heterocycles. The summed E-state index contributed by atoms with van der Waals surface area (Å²) >= 11 is 5.58. The van der Waals surface area contributed by atoms with Crippen molar-refractivity contribution in [3.05, 3.63) is 52.8 Å². The van der Waals surface area contributed by atoms with Gasteiger partial charge in [0.15, 0.2) is 11.5 Å². The van der Waals surface area contributed by atoms with Gasteiger partial charge in [-0.15, -0.1) is 0 Å². The van der Waals surface area contributed by atoms with E-state index >= 15 is 0 Å². The number of hydrogen-bond acceptors (Lipinski definition) is 3. The number of urea groups is 1. The van der Waals surface area contributed by atoms with E-state index in [1.807, 2.05) is 6.07 Å². The van der Waals surface area contributed by atoms with Crippen LogP contribution in [0.5, 0.6) is 11.5 Å². The zero-order chi connectivity index (χ0) is 15.5. The second-order valence-electron chi connectivity index (χ2n) is 4.62. The van der Waals surface area contributed by atoms with Crippen molar-refractivity contribution < 1.29 is 18.7 Å². The predicted molar refractivity (Wildman–Crippen MR) is 79.8 cm³/mol. The molecule has 5 nitrogen and oxygen atoms in total. The highest BCUT2D eigenvalue weighted by atomic mass is 35.5. The number of carbonyl (C=O) groups excluding carboxylic acids is 1. The summed E-state index contributed by atoms with van der Waals surface area (Å²) in [7, 11) is 0. The Morgan fingerprint density at radius 2 is 2.00 bits per heavy atom. The summed E-state index contributed by atoms with van der Waals surface area (Å²) in [6, 6.07) is 9.02. The molecule has 0 radical (unpaired) electrons. The second-order valence-corrected chi connectivity index (χ2v) is 5.03. The van der Waals surface area contributed by atoms with Crippen molar-refractivity contribution >= 4 is 23.3 Å². The van der Waals surface area contributed by atoms with E-state index in [0.29, 0.717) is 23.7 Å². The molecule has 0 saturated heterocycles. The molecule has 0 bridgehead atoms. The van der Waals surface area contributed by atoms with Crippen LogP contribution < -0.4 is 20.1 Å². The Bertz CT molecular complexity index is 724. The molecule has 2 amide bonds. The van der Waals surface area contributed by atoms with E-state index in [1.54, 1.807) is 12.1 Å². The maximum absolute atomic E-state index is 13.3. The zero-order valence-corrected chi connectivity index (χ0v) is 12.1. The number of halogens is 2. The van der Waals surface area contributed by atoms with Crippen molar-refractivity contribution in [1.82, 2.24) is 5.32 Å². The van der Waals surface area contributed by atoms with E-state index in [4.69, 9.17) is 21.1 Å². The highest BCUT2D eigenvalue weighted by molar-refractivity contribution is 6.30. The topological polar surface area (TPSA) is 59.6 Å². The first-order valence-corrected chi connectivity index (χ1v) is 6.88.